The van der Waals surface area contributed by atoms with E-state index in [0.717, 1.165) is 12.8 Å². The van der Waals surface area contributed by atoms with Crippen molar-refractivity contribution < 1.29 is 29.0 Å². The van der Waals surface area contributed by atoms with Crippen LogP contribution in [0.2, 0.25) is 0 Å². The molecule has 5 atom stereocenters. The highest BCUT2D eigenvalue weighted by Gasteiger charge is 2.63. The number of aliphatic hydroxyl groups excluding tert-OH is 1. The number of likely N-dealkylation sites (tertiary alicyclic amines) is 1. The van der Waals surface area contributed by atoms with E-state index in [4.69, 9.17) is 4.74 Å². The Bertz CT molecular complexity index is 753. The smallest absolute Gasteiger partial charge is 0.390 e. The van der Waals surface area contributed by atoms with Gasteiger partial charge in [0.25, 0.3) is 0 Å². The van der Waals surface area contributed by atoms with E-state index in [2.05, 4.69) is 29.8 Å². The minimum absolute atomic E-state index is 0.127. The SMILES string of the molecule is CC1(C)C2CN(C(=O)OC(=O)N[C@@H](CC(=O)NC3CC3)C(O)[C@@H]3CCCNC3=O)CC21. The van der Waals surface area contributed by atoms with E-state index in [1.54, 1.807) is 0 Å². The second-order valence-corrected chi connectivity index (χ2v) is 9.92. The second-order valence-electron chi connectivity index (χ2n) is 9.92. The van der Waals surface area contributed by atoms with Gasteiger partial charge in [-0.25, -0.2) is 9.59 Å². The zero-order valence-electron chi connectivity index (χ0n) is 18.1. The monoisotopic (exact) mass is 436 g/mol. The number of alkyl carbamates (subject to hydrolysis) is 1. The molecule has 2 aliphatic heterocycles. The van der Waals surface area contributed by atoms with Crippen LogP contribution in [-0.4, -0.2) is 71.8 Å². The Hall–Kier alpha value is -2.36. The van der Waals surface area contributed by atoms with Crippen LogP contribution in [0.15, 0.2) is 0 Å². The normalized spacial score (nSPS) is 30.5. The third-order valence-corrected chi connectivity index (χ3v) is 7.36. The highest BCUT2D eigenvalue weighted by Crippen LogP contribution is 2.61. The maximum atomic E-state index is 12.4. The molecule has 10 nitrogen and oxygen atoms in total. The number of aliphatic hydroxyl groups is 1. The van der Waals surface area contributed by atoms with Crippen molar-refractivity contribution in [1.29, 1.82) is 0 Å². The fourth-order valence-corrected chi connectivity index (χ4v) is 4.98. The van der Waals surface area contributed by atoms with Gasteiger partial charge in [-0.15, -0.1) is 0 Å². The quantitative estimate of drug-likeness (QED) is 0.443. The third kappa shape index (κ3) is 4.78. The van der Waals surface area contributed by atoms with Gasteiger partial charge < -0.3 is 30.7 Å². The van der Waals surface area contributed by atoms with E-state index in [-0.39, 0.29) is 29.7 Å². The predicted octanol–water partition coefficient (Wildman–Crippen LogP) is 0.345. The van der Waals surface area contributed by atoms with Crippen molar-refractivity contribution in [2.75, 3.05) is 19.6 Å². The maximum absolute atomic E-state index is 12.4. The Kier molecular flexibility index (Phi) is 5.85. The molecule has 2 saturated heterocycles. The highest BCUT2D eigenvalue weighted by atomic mass is 16.6. The number of fused-ring (bicyclic) bond motifs is 1. The fraction of sp³-hybridized carbons (Fsp3) is 0.810. The molecule has 2 aliphatic carbocycles. The molecule has 10 heteroatoms. The molecule has 0 bridgehead atoms. The van der Waals surface area contributed by atoms with Gasteiger partial charge in [0.2, 0.25) is 11.8 Å². The maximum Gasteiger partial charge on any atom is 0.418 e. The molecule has 4 amide bonds. The van der Waals surface area contributed by atoms with Gasteiger partial charge in [0.1, 0.15) is 0 Å². The van der Waals surface area contributed by atoms with Crippen LogP contribution in [0.5, 0.6) is 0 Å². The summed E-state index contributed by atoms with van der Waals surface area (Å²) in [5.41, 5.74) is 0.226. The Balaban J connectivity index is 1.33. The standard InChI is InChI=1S/C21H32N4O6/c1-21(2)13-9-25(10-14(13)21)20(30)31-19(29)24-15(8-16(26)23-11-5-6-11)17(27)12-4-3-7-22-18(12)28/h11-15,17,27H,3-10H2,1-2H3,(H,22,28)(H,23,26)(H,24,29)/t12-,13?,14?,15-,17?/m0/s1. The van der Waals surface area contributed by atoms with Gasteiger partial charge in [-0.1, -0.05) is 13.8 Å². The topological polar surface area (TPSA) is 137 Å². The lowest BCUT2D eigenvalue weighted by molar-refractivity contribution is -0.133. The first-order valence-corrected chi connectivity index (χ1v) is 11.2. The van der Waals surface area contributed by atoms with E-state index in [0.29, 0.717) is 44.3 Å². The zero-order valence-corrected chi connectivity index (χ0v) is 18.1. The molecule has 4 N–H and O–H groups in total. The van der Waals surface area contributed by atoms with E-state index in [1.165, 1.54) is 4.90 Å². The van der Waals surface area contributed by atoms with Crippen molar-refractivity contribution >= 4 is 24.0 Å². The Morgan fingerprint density at radius 2 is 1.90 bits per heavy atom. The average Bonchev–Trinajstić information content (AvgIpc) is 3.52. The first-order valence-electron chi connectivity index (χ1n) is 11.2. The molecule has 0 spiro atoms. The van der Waals surface area contributed by atoms with Crippen LogP contribution < -0.4 is 16.0 Å². The summed E-state index contributed by atoms with van der Waals surface area (Å²) in [7, 11) is 0. The summed E-state index contributed by atoms with van der Waals surface area (Å²) in [5.74, 6) is -0.522. The van der Waals surface area contributed by atoms with Crippen molar-refractivity contribution in [3.05, 3.63) is 0 Å². The summed E-state index contributed by atoms with van der Waals surface area (Å²) in [6, 6.07) is -0.915. The summed E-state index contributed by atoms with van der Waals surface area (Å²) >= 11 is 0. The van der Waals surface area contributed by atoms with Crippen LogP contribution in [0.3, 0.4) is 0 Å². The number of rotatable bonds is 6. The van der Waals surface area contributed by atoms with Gasteiger partial charge in [-0.2, -0.15) is 0 Å². The van der Waals surface area contributed by atoms with Crippen LogP contribution in [0.25, 0.3) is 0 Å². The van der Waals surface area contributed by atoms with Gasteiger partial charge in [0, 0.05) is 32.1 Å². The molecule has 0 aromatic carbocycles. The van der Waals surface area contributed by atoms with Crippen molar-refractivity contribution in [3.63, 3.8) is 0 Å². The molecular weight excluding hydrogens is 404 g/mol. The first kappa shape index (κ1) is 21.9. The number of hydrogen-bond acceptors (Lipinski definition) is 6. The van der Waals surface area contributed by atoms with E-state index in [1.807, 2.05) is 0 Å². The number of nitrogens with zero attached hydrogens (tertiary/aromatic N) is 1. The van der Waals surface area contributed by atoms with E-state index >= 15 is 0 Å². The van der Waals surface area contributed by atoms with Gasteiger partial charge in [0.15, 0.2) is 0 Å². The third-order valence-electron chi connectivity index (χ3n) is 7.36. The van der Waals surface area contributed by atoms with Crippen LogP contribution in [0, 0.1) is 23.2 Å². The van der Waals surface area contributed by atoms with Crippen molar-refractivity contribution in [2.45, 2.75) is 64.1 Å². The molecule has 4 aliphatic rings. The number of carbonyl (C=O) groups is 4. The number of carbonyl (C=O) groups excluding carboxylic acids is 4. The molecule has 4 fully saturated rings. The van der Waals surface area contributed by atoms with Gasteiger partial charge in [0.05, 0.1) is 18.1 Å². The Labute approximate surface area is 181 Å². The molecule has 0 aromatic heterocycles. The van der Waals surface area contributed by atoms with Crippen molar-refractivity contribution in [3.8, 4) is 0 Å². The molecule has 0 aromatic rings. The van der Waals surface area contributed by atoms with Crippen LogP contribution in [0.1, 0.15) is 46.0 Å². The fourth-order valence-electron chi connectivity index (χ4n) is 4.98. The summed E-state index contributed by atoms with van der Waals surface area (Å²) in [6.45, 7) is 5.98. The van der Waals surface area contributed by atoms with Crippen LogP contribution >= 0.6 is 0 Å². The van der Waals surface area contributed by atoms with Crippen molar-refractivity contribution in [2.24, 2.45) is 23.2 Å². The van der Waals surface area contributed by atoms with Crippen LogP contribution in [-0.2, 0) is 14.3 Å². The number of hydrogen-bond donors (Lipinski definition) is 4. The molecule has 3 unspecified atom stereocenters. The minimum Gasteiger partial charge on any atom is -0.390 e. The zero-order chi connectivity index (χ0) is 22.3. The summed E-state index contributed by atoms with van der Waals surface area (Å²) in [5, 5.41) is 18.7. The second kappa shape index (κ2) is 8.29. The van der Waals surface area contributed by atoms with Crippen molar-refractivity contribution in [1.82, 2.24) is 20.9 Å². The Morgan fingerprint density at radius 3 is 2.52 bits per heavy atom. The molecule has 2 heterocycles. The molecule has 0 radical (unpaired) electrons. The first-order chi connectivity index (χ1) is 14.7. The summed E-state index contributed by atoms with van der Waals surface area (Å²) < 4.78 is 4.93. The van der Waals surface area contributed by atoms with E-state index < -0.39 is 30.3 Å². The summed E-state index contributed by atoms with van der Waals surface area (Å²) in [4.78, 5) is 50.7. The number of piperidine rings is 2. The predicted molar refractivity (Wildman–Crippen MR) is 109 cm³/mol. The average molecular weight is 437 g/mol. The number of amides is 4. The molecule has 172 valence electrons. The summed E-state index contributed by atoms with van der Waals surface area (Å²) in [6.07, 6.45) is -0.261. The highest BCUT2D eigenvalue weighted by molar-refractivity contribution is 5.85. The Morgan fingerprint density at radius 1 is 1.23 bits per heavy atom. The lowest BCUT2D eigenvalue weighted by atomic mass is 9.87. The van der Waals surface area contributed by atoms with Crippen LogP contribution in [0.4, 0.5) is 9.59 Å². The van der Waals surface area contributed by atoms with Gasteiger partial charge in [-0.3, -0.25) is 9.59 Å². The lowest BCUT2D eigenvalue weighted by Gasteiger charge is -2.31. The van der Waals surface area contributed by atoms with E-state index in [9.17, 15) is 24.3 Å². The number of ether oxygens (including phenoxy) is 1. The van der Waals surface area contributed by atoms with Gasteiger partial charge in [-0.05, 0) is 42.9 Å². The molecule has 4 rings (SSSR count). The number of nitrogens with one attached hydrogen (secondary N) is 3. The minimum atomic E-state index is -1.27. The molecule has 2 saturated carbocycles. The molecular formula is C21H32N4O6. The van der Waals surface area contributed by atoms with Gasteiger partial charge >= 0.3 is 12.2 Å². The largest absolute Gasteiger partial charge is 0.418 e. The lowest BCUT2D eigenvalue weighted by Crippen LogP contribution is -2.54. The molecule has 31 heavy (non-hydrogen) atoms.